The maximum atomic E-state index is 12.8. The molecule has 2 aliphatic heterocycles. The zero-order valence-electron chi connectivity index (χ0n) is 14.0. The Morgan fingerprint density at radius 3 is 2.65 bits per heavy atom. The third kappa shape index (κ3) is 2.65. The molecule has 8 heteroatoms. The van der Waals surface area contributed by atoms with E-state index in [4.69, 9.17) is 0 Å². The average Bonchev–Trinajstić information content (AvgIpc) is 2.60. The summed E-state index contributed by atoms with van der Waals surface area (Å²) in [5, 5.41) is 14.4. The first kappa shape index (κ1) is 17.0. The van der Waals surface area contributed by atoms with Crippen LogP contribution in [0.2, 0.25) is 0 Å². The number of hydrogen-bond acceptors (Lipinski definition) is 6. The molecular weight excluding hydrogens is 356 g/mol. The van der Waals surface area contributed by atoms with Crippen LogP contribution in [-0.4, -0.2) is 24.9 Å². The number of benzene rings is 1. The number of ketones is 1. The van der Waals surface area contributed by atoms with Crippen LogP contribution >= 0.6 is 0 Å². The van der Waals surface area contributed by atoms with Crippen molar-refractivity contribution < 1.29 is 18.1 Å². The second-order valence-corrected chi connectivity index (χ2v) is 8.92. The summed E-state index contributed by atoms with van der Waals surface area (Å²) in [6.07, 6.45) is 2.91. The molecule has 26 heavy (non-hydrogen) atoms. The number of Topliss-reactive ketones (excluding diaryl/α,β-unsaturated/α-hetero) is 1. The van der Waals surface area contributed by atoms with Crippen LogP contribution in [0.5, 0.6) is 0 Å². The molecule has 136 valence electrons. The first-order chi connectivity index (χ1) is 12.4. The van der Waals surface area contributed by atoms with Crippen LogP contribution in [-0.2, 0) is 14.6 Å². The summed E-state index contributed by atoms with van der Waals surface area (Å²) in [4.78, 5) is 23.6. The van der Waals surface area contributed by atoms with Crippen molar-refractivity contribution >= 4 is 21.3 Å². The van der Waals surface area contributed by atoms with Crippen molar-refractivity contribution in [3.8, 4) is 0 Å². The minimum atomic E-state index is -3.53. The van der Waals surface area contributed by atoms with E-state index in [9.17, 15) is 23.3 Å². The largest absolute Gasteiger partial charge is 0.361 e. The number of sulfone groups is 1. The van der Waals surface area contributed by atoms with E-state index in [1.807, 2.05) is 0 Å². The summed E-state index contributed by atoms with van der Waals surface area (Å²) in [7, 11) is -3.53. The fourth-order valence-corrected chi connectivity index (χ4v) is 6.00. The lowest BCUT2D eigenvalue weighted by Gasteiger charge is -2.37. The lowest BCUT2D eigenvalue weighted by molar-refractivity contribution is -0.384. The second-order valence-electron chi connectivity index (χ2n) is 6.84. The van der Waals surface area contributed by atoms with E-state index < -0.39 is 20.7 Å². The van der Waals surface area contributed by atoms with E-state index in [0.29, 0.717) is 42.5 Å². The standard InChI is InChI=1S/C18H18N2O5S/c21-15-8-2-6-13-17(15)16(11-4-1-5-12(10-11)20(22)23)18-14(19-13)7-3-9-26(18,24)25/h1,4-5,10,16,19H,2-3,6-9H2. The maximum absolute atomic E-state index is 12.8. The molecule has 0 aromatic heterocycles. The molecule has 0 amide bonds. The fourth-order valence-electron chi connectivity index (χ4n) is 4.12. The molecule has 1 aliphatic carbocycles. The Morgan fingerprint density at radius 1 is 1.12 bits per heavy atom. The SMILES string of the molecule is O=C1CCCC2=C1C(c1cccc([N+](=O)[O-])c1)C1=C(CCCS1(=O)=O)N2. The van der Waals surface area contributed by atoms with Crippen LogP contribution in [0, 0.1) is 10.1 Å². The van der Waals surface area contributed by atoms with Crippen molar-refractivity contribution in [1.82, 2.24) is 5.32 Å². The van der Waals surface area contributed by atoms with Crippen molar-refractivity contribution in [2.45, 2.75) is 38.0 Å². The van der Waals surface area contributed by atoms with Gasteiger partial charge in [0.2, 0.25) is 0 Å². The minimum absolute atomic E-state index is 0.0374. The smallest absolute Gasteiger partial charge is 0.269 e. The molecule has 1 atom stereocenters. The van der Waals surface area contributed by atoms with Crippen LogP contribution < -0.4 is 5.32 Å². The van der Waals surface area contributed by atoms with Gasteiger partial charge in [-0.3, -0.25) is 14.9 Å². The molecule has 1 N–H and O–H groups in total. The summed E-state index contributed by atoms with van der Waals surface area (Å²) >= 11 is 0. The van der Waals surface area contributed by atoms with E-state index in [2.05, 4.69) is 5.32 Å². The second kappa shape index (κ2) is 6.05. The van der Waals surface area contributed by atoms with Gasteiger partial charge in [0.25, 0.3) is 5.69 Å². The fraction of sp³-hybridized carbons (Fsp3) is 0.389. The predicted octanol–water partition coefficient (Wildman–Crippen LogP) is 2.71. The average molecular weight is 374 g/mol. The van der Waals surface area contributed by atoms with Crippen LogP contribution in [0.3, 0.4) is 0 Å². The monoisotopic (exact) mass is 374 g/mol. The molecule has 2 heterocycles. The first-order valence-corrected chi connectivity index (χ1v) is 10.3. The molecule has 1 unspecified atom stereocenters. The van der Waals surface area contributed by atoms with Crippen LogP contribution in [0.1, 0.15) is 43.6 Å². The lowest BCUT2D eigenvalue weighted by Crippen LogP contribution is -2.37. The van der Waals surface area contributed by atoms with Gasteiger partial charge in [-0.1, -0.05) is 12.1 Å². The number of non-ortho nitro benzene ring substituents is 1. The maximum Gasteiger partial charge on any atom is 0.269 e. The highest BCUT2D eigenvalue weighted by atomic mass is 32.2. The summed E-state index contributed by atoms with van der Waals surface area (Å²) in [6.45, 7) is 0. The van der Waals surface area contributed by atoms with Gasteiger partial charge >= 0.3 is 0 Å². The molecule has 0 spiro atoms. The number of nitrogens with zero attached hydrogens (tertiary/aromatic N) is 1. The van der Waals surface area contributed by atoms with E-state index in [-0.39, 0.29) is 22.1 Å². The molecule has 7 nitrogen and oxygen atoms in total. The normalized spacial score (nSPS) is 24.6. The van der Waals surface area contributed by atoms with Crippen molar-refractivity contribution in [3.63, 3.8) is 0 Å². The van der Waals surface area contributed by atoms with Gasteiger partial charge in [-0.15, -0.1) is 0 Å². The van der Waals surface area contributed by atoms with Crippen LogP contribution in [0.25, 0.3) is 0 Å². The number of nitro benzene ring substituents is 1. The molecular formula is C18H18N2O5S. The van der Waals surface area contributed by atoms with Gasteiger partial charge in [0, 0.05) is 35.5 Å². The Labute approximate surface area is 150 Å². The number of nitrogens with one attached hydrogen (secondary N) is 1. The molecule has 4 rings (SSSR count). The first-order valence-electron chi connectivity index (χ1n) is 8.62. The Hall–Kier alpha value is -2.48. The predicted molar refractivity (Wildman–Crippen MR) is 94.9 cm³/mol. The number of carbonyl (C=O) groups excluding carboxylic acids is 1. The molecule has 3 aliphatic rings. The van der Waals surface area contributed by atoms with E-state index >= 15 is 0 Å². The summed E-state index contributed by atoms with van der Waals surface area (Å²) in [5.74, 6) is -0.794. The number of dihydropyridines is 1. The zero-order valence-corrected chi connectivity index (χ0v) is 14.8. The zero-order chi connectivity index (χ0) is 18.5. The summed E-state index contributed by atoms with van der Waals surface area (Å²) < 4.78 is 25.7. The van der Waals surface area contributed by atoms with Crippen molar-refractivity contribution in [1.29, 1.82) is 0 Å². The van der Waals surface area contributed by atoms with Crippen LogP contribution in [0.4, 0.5) is 5.69 Å². The molecule has 0 radical (unpaired) electrons. The lowest BCUT2D eigenvalue weighted by atomic mass is 9.79. The van der Waals surface area contributed by atoms with Crippen LogP contribution in [0.15, 0.2) is 46.1 Å². The summed E-state index contributed by atoms with van der Waals surface area (Å²) in [6, 6.07) is 5.97. The number of allylic oxidation sites excluding steroid dienone is 4. The third-order valence-electron chi connectivity index (χ3n) is 5.20. The molecule has 0 saturated heterocycles. The van der Waals surface area contributed by atoms with Gasteiger partial charge < -0.3 is 5.32 Å². The highest BCUT2D eigenvalue weighted by Gasteiger charge is 2.43. The molecule has 1 aromatic rings. The Morgan fingerprint density at radius 2 is 1.88 bits per heavy atom. The van der Waals surface area contributed by atoms with Gasteiger partial charge in [0.15, 0.2) is 15.6 Å². The number of nitro groups is 1. The van der Waals surface area contributed by atoms with E-state index in [0.717, 1.165) is 12.1 Å². The highest BCUT2D eigenvalue weighted by Crippen LogP contribution is 2.47. The highest BCUT2D eigenvalue weighted by molar-refractivity contribution is 7.95. The van der Waals surface area contributed by atoms with Gasteiger partial charge in [-0.05, 0) is 31.2 Å². The Kier molecular flexibility index (Phi) is 3.95. The summed E-state index contributed by atoms with van der Waals surface area (Å²) in [5.41, 5.74) is 2.25. The molecule has 0 saturated carbocycles. The number of carbonyl (C=O) groups is 1. The minimum Gasteiger partial charge on any atom is -0.361 e. The van der Waals surface area contributed by atoms with Crippen molar-refractivity contribution in [3.05, 3.63) is 61.8 Å². The Balaban J connectivity index is 1.96. The molecule has 0 bridgehead atoms. The van der Waals surface area contributed by atoms with E-state index in [1.165, 1.54) is 12.1 Å². The molecule has 1 aromatic carbocycles. The van der Waals surface area contributed by atoms with Gasteiger partial charge in [-0.2, -0.15) is 0 Å². The number of rotatable bonds is 2. The quantitative estimate of drug-likeness (QED) is 0.630. The van der Waals surface area contributed by atoms with Crippen molar-refractivity contribution in [2.75, 3.05) is 5.75 Å². The number of hydrogen-bond donors (Lipinski definition) is 1. The third-order valence-corrected chi connectivity index (χ3v) is 7.17. The van der Waals surface area contributed by atoms with E-state index in [1.54, 1.807) is 12.1 Å². The molecule has 0 fully saturated rings. The van der Waals surface area contributed by atoms with Gasteiger partial charge in [0.1, 0.15) is 0 Å². The van der Waals surface area contributed by atoms with Crippen molar-refractivity contribution in [2.24, 2.45) is 0 Å². The van der Waals surface area contributed by atoms with Gasteiger partial charge in [-0.25, -0.2) is 8.42 Å². The Bertz CT molecular complexity index is 991. The topological polar surface area (TPSA) is 106 Å². The van der Waals surface area contributed by atoms with Gasteiger partial charge in [0.05, 0.1) is 21.5 Å².